The molecule has 0 unspecified atom stereocenters. The smallest absolute Gasteiger partial charge is 0.410 e. The number of aryl methyl sites for hydroxylation is 1. The van der Waals surface area contributed by atoms with Gasteiger partial charge < -0.3 is 5.11 Å². The predicted octanol–water partition coefficient (Wildman–Crippen LogP) is 1.61. The Kier molecular flexibility index (Phi) is 3.02. The molecule has 0 radical (unpaired) electrons. The maximum Gasteiger partial charge on any atom is 0.410 e. The number of hydrogen-bond acceptors (Lipinski definition) is 3. The Morgan fingerprint density at radius 2 is 2.43 bits per heavy atom. The second-order valence-corrected chi connectivity index (χ2v) is 2.59. The van der Waals surface area contributed by atoms with E-state index < -0.39 is 6.09 Å². The van der Waals surface area contributed by atoms with Gasteiger partial charge in [-0.2, -0.15) is 5.26 Å². The van der Waals surface area contributed by atoms with Gasteiger partial charge in [0, 0.05) is 0 Å². The van der Waals surface area contributed by atoms with E-state index in [1.165, 1.54) is 6.07 Å². The summed E-state index contributed by atoms with van der Waals surface area (Å²) in [4.78, 5) is 14.3. The van der Waals surface area contributed by atoms with Crippen molar-refractivity contribution in [3.8, 4) is 6.07 Å². The van der Waals surface area contributed by atoms with Gasteiger partial charge in [-0.1, -0.05) is 6.92 Å². The quantitative estimate of drug-likeness (QED) is 0.743. The van der Waals surface area contributed by atoms with Crippen LogP contribution in [-0.2, 0) is 6.42 Å². The van der Waals surface area contributed by atoms with Crippen molar-refractivity contribution >= 4 is 11.9 Å². The fourth-order valence-electron chi connectivity index (χ4n) is 1.05. The number of carboxylic acid groups (broad SMARTS) is 1. The van der Waals surface area contributed by atoms with E-state index in [-0.39, 0.29) is 5.82 Å². The number of aromatic nitrogens is 1. The molecule has 2 N–H and O–H groups in total. The van der Waals surface area contributed by atoms with Crippen molar-refractivity contribution in [2.75, 3.05) is 5.32 Å². The average Bonchev–Trinajstić information content (AvgIpc) is 2.16. The zero-order chi connectivity index (χ0) is 10.6. The minimum absolute atomic E-state index is 0.244. The van der Waals surface area contributed by atoms with Crippen LogP contribution in [0.2, 0.25) is 0 Å². The van der Waals surface area contributed by atoms with E-state index in [4.69, 9.17) is 10.4 Å². The highest BCUT2D eigenvalue weighted by Gasteiger charge is 2.04. The minimum Gasteiger partial charge on any atom is -0.465 e. The molecule has 0 aliphatic heterocycles. The summed E-state index contributed by atoms with van der Waals surface area (Å²) in [6.45, 7) is 1.85. The first-order valence-electron chi connectivity index (χ1n) is 4.07. The summed E-state index contributed by atoms with van der Waals surface area (Å²) in [6, 6.07) is 5.01. The van der Waals surface area contributed by atoms with Crippen LogP contribution < -0.4 is 5.32 Å². The largest absolute Gasteiger partial charge is 0.465 e. The van der Waals surface area contributed by atoms with Gasteiger partial charge in [0.05, 0.1) is 11.3 Å². The van der Waals surface area contributed by atoms with E-state index in [1.54, 1.807) is 6.07 Å². The summed E-state index contributed by atoms with van der Waals surface area (Å²) in [5.74, 6) is 0.244. The lowest BCUT2D eigenvalue weighted by Crippen LogP contribution is -2.09. The highest BCUT2D eigenvalue weighted by Crippen LogP contribution is 2.10. The van der Waals surface area contributed by atoms with Crippen LogP contribution in [0.15, 0.2) is 12.1 Å². The molecule has 0 aliphatic rings. The van der Waals surface area contributed by atoms with Crippen LogP contribution in [0.5, 0.6) is 0 Å². The highest BCUT2D eigenvalue weighted by molar-refractivity contribution is 5.81. The number of rotatable bonds is 2. The number of amides is 1. The third-order valence-corrected chi connectivity index (χ3v) is 1.66. The molecule has 1 rings (SSSR count). The van der Waals surface area contributed by atoms with Crippen LogP contribution in [0.4, 0.5) is 10.6 Å². The molecule has 72 valence electrons. The standard InChI is InChI=1S/C9H9N3O2/c1-2-7-6(5-10)3-4-8(11-7)12-9(13)14/h3-4H,2H2,1H3,(H,11,12)(H,13,14). The third kappa shape index (κ3) is 2.20. The minimum atomic E-state index is -1.16. The van der Waals surface area contributed by atoms with E-state index in [0.717, 1.165) is 0 Å². The van der Waals surface area contributed by atoms with E-state index in [1.807, 2.05) is 13.0 Å². The molecule has 1 aromatic heterocycles. The van der Waals surface area contributed by atoms with Crippen LogP contribution >= 0.6 is 0 Å². The van der Waals surface area contributed by atoms with Crippen LogP contribution in [0.1, 0.15) is 18.2 Å². The van der Waals surface area contributed by atoms with Crippen LogP contribution in [0, 0.1) is 11.3 Å². The molecule has 1 heterocycles. The number of carbonyl (C=O) groups is 1. The van der Waals surface area contributed by atoms with Crippen LogP contribution in [0.25, 0.3) is 0 Å². The summed E-state index contributed by atoms with van der Waals surface area (Å²) < 4.78 is 0. The van der Waals surface area contributed by atoms with Gasteiger partial charge in [-0.3, -0.25) is 5.32 Å². The van der Waals surface area contributed by atoms with Gasteiger partial charge in [0.1, 0.15) is 11.9 Å². The molecule has 0 aromatic carbocycles. The lowest BCUT2D eigenvalue weighted by Gasteiger charge is -2.03. The third-order valence-electron chi connectivity index (χ3n) is 1.66. The van der Waals surface area contributed by atoms with Crippen molar-refractivity contribution in [3.05, 3.63) is 23.4 Å². The fraction of sp³-hybridized carbons (Fsp3) is 0.222. The summed E-state index contributed by atoms with van der Waals surface area (Å²) in [5.41, 5.74) is 1.07. The molecule has 0 fully saturated rings. The van der Waals surface area contributed by atoms with Crippen molar-refractivity contribution in [3.63, 3.8) is 0 Å². The van der Waals surface area contributed by atoms with Crippen molar-refractivity contribution in [2.45, 2.75) is 13.3 Å². The van der Waals surface area contributed by atoms with Crippen molar-refractivity contribution in [1.82, 2.24) is 4.98 Å². The molecule has 14 heavy (non-hydrogen) atoms. The van der Waals surface area contributed by atoms with Gasteiger partial charge in [0.25, 0.3) is 0 Å². The first-order valence-corrected chi connectivity index (χ1v) is 4.07. The Morgan fingerprint density at radius 3 is 2.93 bits per heavy atom. The number of pyridine rings is 1. The molecule has 0 saturated heterocycles. The summed E-state index contributed by atoms with van der Waals surface area (Å²) in [7, 11) is 0. The van der Waals surface area contributed by atoms with Crippen molar-refractivity contribution in [2.24, 2.45) is 0 Å². The van der Waals surface area contributed by atoms with Gasteiger partial charge in [0.15, 0.2) is 0 Å². The summed E-state index contributed by atoms with van der Waals surface area (Å²) in [6.07, 6.45) is -0.567. The van der Waals surface area contributed by atoms with E-state index >= 15 is 0 Å². The molecule has 0 bridgehead atoms. The number of nitrogens with zero attached hydrogens (tertiary/aromatic N) is 2. The molecule has 0 aliphatic carbocycles. The maximum atomic E-state index is 10.3. The van der Waals surface area contributed by atoms with Gasteiger partial charge >= 0.3 is 6.09 Å². The fourth-order valence-corrected chi connectivity index (χ4v) is 1.05. The topological polar surface area (TPSA) is 86.0 Å². The average molecular weight is 191 g/mol. The second kappa shape index (κ2) is 4.23. The van der Waals surface area contributed by atoms with Gasteiger partial charge in [-0.15, -0.1) is 0 Å². The first-order chi connectivity index (χ1) is 6.67. The molecule has 1 aromatic rings. The van der Waals surface area contributed by atoms with Crippen molar-refractivity contribution < 1.29 is 9.90 Å². The SMILES string of the molecule is CCc1nc(NC(=O)O)ccc1C#N. The Balaban J connectivity index is 3.03. The van der Waals surface area contributed by atoms with E-state index in [2.05, 4.69) is 10.3 Å². The van der Waals surface area contributed by atoms with Gasteiger partial charge in [-0.05, 0) is 18.6 Å². The molecule has 1 amide bonds. The first kappa shape index (κ1) is 9.99. The lowest BCUT2D eigenvalue weighted by molar-refractivity contribution is 0.209. The Morgan fingerprint density at radius 1 is 1.71 bits per heavy atom. The monoisotopic (exact) mass is 191 g/mol. The van der Waals surface area contributed by atoms with Gasteiger partial charge in [0.2, 0.25) is 0 Å². The molecule has 0 saturated carbocycles. The Bertz CT molecular complexity index is 396. The molecular formula is C9H9N3O2. The van der Waals surface area contributed by atoms with Crippen LogP contribution in [0.3, 0.4) is 0 Å². The Hall–Kier alpha value is -2.09. The summed E-state index contributed by atoms with van der Waals surface area (Å²) >= 11 is 0. The zero-order valence-corrected chi connectivity index (χ0v) is 7.61. The second-order valence-electron chi connectivity index (χ2n) is 2.59. The number of anilines is 1. The summed E-state index contributed by atoms with van der Waals surface area (Å²) in [5, 5.41) is 19.3. The zero-order valence-electron chi connectivity index (χ0n) is 7.61. The van der Waals surface area contributed by atoms with Gasteiger partial charge in [-0.25, -0.2) is 9.78 Å². The Labute approximate surface area is 81.0 Å². The lowest BCUT2D eigenvalue weighted by atomic mass is 10.2. The molecule has 5 heteroatoms. The van der Waals surface area contributed by atoms with Crippen molar-refractivity contribution in [1.29, 1.82) is 5.26 Å². The highest BCUT2D eigenvalue weighted by atomic mass is 16.4. The van der Waals surface area contributed by atoms with Crippen LogP contribution in [-0.4, -0.2) is 16.2 Å². The molecular weight excluding hydrogens is 182 g/mol. The molecule has 0 spiro atoms. The molecule has 5 nitrogen and oxygen atoms in total. The normalized spacial score (nSPS) is 9.14. The number of nitrogens with one attached hydrogen (secondary N) is 1. The predicted molar refractivity (Wildman–Crippen MR) is 50.0 cm³/mol. The number of nitriles is 1. The van der Waals surface area contributed by atoms with E-state index in [9.17, 15) is 4.79 Å². The van der Waals surface area contributed by atoms with E-state index in [0.29, 0.717) is 17.7 Å². The number of hydrogen-bond donors (Lipinski definition) is 2. The maximum absolute atomic E-state index is 10.3. The molecule has 0 atom stereocenters.